The van der Waals surface area contributed by atoms with E-state index >= 15 is 0 Å². The smallest absolute Gasteiger partial charge is 0.0505 e. The Balaban J connectivity index is 2.67. The summed E-state index contributed by atoms with van der Waals surface area (Å²) in [4.78, 5) is 0. The number of hydrogen-bond acceptors (Lipinski definition) is 0. The predicted molar refractivity (Wildman–Crippen MR) is 68.6 cm³/mol. The maximum atomic E-state index is 2.59. The van der Waals surface area contributed by atoms with Gasteiger partial charge in [-0.2, -0.15) is 0 Å². The highest BCUT2D eigenvalue weighted by atomic mass is 28.3. The maximum Gasteiger partial charge on any atom is 0.0505 e. The van der Waals surface area contributed by atoms with Gasteiger partial charge in [0, 0.05) is 0 Å². The molecular formula is C13H28Si. The van der Waals surface area contributed by atoms with Crippen LogP contribution in [0.1, 0.15) is 58.3 Å². The second-order valence-corrected chi connectivity index (χ2v) is 11.8. The third-order valence-electron chi connectivity index (χ3n) is 4.41. The van der Waals surface area contributed by atoms with Crippen molar-refractivity contribution in [3.63, 3.8) is 0 Å². The van der Waals surface area contributed by atoms with Gasteiger partial charge < -0.3 is 0 Å². The minimum absolute atomic E-state index is 0.807. The number of hydrogen-bond donors (Lipinski definition) is 0. The van der Waals surface area contributed by atoms with Gasteiger partial charge in [-0.3, -0.25) is 0 Å². The van der Waals surface area contributed by atoms with Gasteiger partial charge in [0.1, 0.15) is 0 Å². The first-order valence-corrected chi connectivity index (χ1v) is 10.0. The van der Waals surface area contributed by atoms with E-state index in [0.29, 0.717) is 0 Å². The molecule has 1 aliphatic rings. The molecule has 0 heterocycles. The van der Waals surface area contributed by atoms with Crippen LogP contribution >= 0.6 is 0 Å². The van der Waals surface area contributed by atoms with Gasteiger partial charge in [0.25, 0.3) is 0 Å². The molecule has 0 atom stereocenters. The molecule has 1 aliphatic carbocycles. The highest BCUT2D eigenvalue weighted by Gasteiger charge is 2.42. The van der Waals surface area contributed by atoms with Crippen molar-refractivity contribution in [2.75, 3.05) is 0 Å². The minimum Gasteiger partial charge on any atom is -0.0691 e. The molecule has 0 N–H and O–H groups in total. The molecule has 1 saturated carbocycles. The van der Waals surface area contributed by atoms with Gasteiger partial charge in [-0.1, -0.05) is 65.1 Å². The standard InChI is InChI=1S/C13H28Si/c1-5-6-10-13(14(2,3)4)11-8-7-9-12-13/h5-12H2,1-4H3. The van der Waals surface area contributed by atoms with Crippen LogP contribution in [-0.2, 0) is 0 Å². The summed E-state index contributed by atoms with van der Waals surface area (Å²) in [7, 11) is -0.944. The van der Waals surface area contributed by atoms with E-state index in [-0.39, 0.29) is 0 Å². The van der Waals surface area contributed by atoms with Crippen LogP contribution in [0, 0.1) is 0 Å². The zero-order valence-electron chi connectivity index (χ0n) is 10.7. The van der Waals surface area contributed by atoms with E-state index in [1.807, 2.05) is 0 Å². The van der Waals surface area contributed by atoms with Crippen LogP contribution in [-0.4, -0.2) is 8.07 Å². The fourth-order valence-corrected chi connectivity index (χ4v) is 5.90. The lowest BCUT2D eigenvalue weighted by Gasteiger charge is -2.47. The summed E-state index contributed by atoms with van der Waals surface area (Å²) < 4.78 is 0. The van der Waals surface area contributed by atoms with Crippen LogP contribution in [0.15, 0.2) is 0 Å². The topological polar surface area (TPSA) is 0 Å². The Morgan fingerprint density at radius 2 is 1.57 bits per heavy atom. The molecule has 0 aromatic heterocycles. The van der Waals surface area contributed by atoms with Crippen molar-refractivity contribution in [1.82, 2.24) is 0 Å². The van der Waals surface area contributed by atoms with Crippen molar-refractivity contribution in [2.24, 2.45) is 0 Å². The van der Waals surface area contributed by atoms with Gasteiger partial charge in [0.05, 0.1) is 8.07 Å². The summed E-state index contributed by atoms with van der Waals surface area (Å²) in [6, 6.07) is 0. The maximum absolute atomic E-state index is 2.59. The monoisotopic (exact) mass is 212 g/mol. The third-order valence-corrected chi connectivity index (χ3v) is 8.34. The van der Waals surface area contributed by atoms with E-state index in [1.165, 1.54) is 38.5 Å². The van der Waals surface area contributed by atoms with Crippen LogP contribution in [0.2, 0.25) is 24.7 Å². The Labute approximate surface area is 91.5 Å². The molecule has 0 radical (unpaired) electrons. The van der Waals surface area contributed by atoms with Crippen molar-refractivity contribution in [3.8, 4) is 0 Å². The lowest BCUT2D eigenvalue weighted by Crippen LogP contribution is -2.41. The van der Waals surface area contributed by atoms with E-state index in [0.717, 1.165) is 5.04 Å². The van der Waals surface area contributed by atoms with Gasteiger partial charge in [-0.05, 0) is 17.9 Å². The van der Waals surface area contributed by atoms with Crippen LogP contribution in [0.25, 0.3) is 0 Å². The van der Waals surface area contributed by atoms with Gasteiger partial charge in [-0.25, -0.2) is 0 Å². The average molecular weight is 212 g/mol. The highest BCUT2D eigenvalue weighted by molar-refractivity contribution is 6.79. The van der Waals surface area contributed by atoms with E-state index in [4.69, 9.17) is 0 Å². The van der Waals surface area contributed by atoms with Crippen molar-refractivity contribution >= 4 is 8.07 Å². The average Bonchev–Trinajstić information content (AvgIpc) is 2.14. The van der Waals surface area contributed by atoms with E-state index in [1.54, 1.807) is 12.8 Å². The summed E-state index contributed by atoms with van der Waals surface area (Å²) in [6.45, 7) is 10.1. The van der Waals surface area contributed by atoms with Crippen molar-refractivity contribution in [3.05, 3.63) is 0 Å². The number of rotatable bonds is 4. The SMILES string of the molecule is CCCCC1([Si](C)(C)C)CCCCC1. The first-order chi connectivity index (χ1) is 6.52. The second-order valence-electron chi connectivity index (χ2n) is 6.19. The minimum atomic E-state index is -0.944. The molecule has 84 valence electrons. The van der Waals surface area contributed by atoms with E-state index in [2.05, 4.69) is 26.6 Å². The van der Waals surface area contributed by atoms with E-state index < -0.39 is 8.07 Å². The second kappa shape index (κ2) is 4.83. The molecule has 0 amide bonds. The largest absolute Gasteiger partial charge is 0.0691 e. The lowest BCUT2D eigenvalue weighted by atomic mass is 9.84. The molecule has 1 heteroatoms. The molecule has 1 fully saturated rings. The predicted octanol–water partition coefficient (Wildman–Crippen LogP) is 5.22. The Bertz CT molecular complexity index is 161. The molecule has 0 aromatic carbocycles. The highest BCUT2D eigenvalue weighted by Crippen LogP contribution is 2.53. The molecule has 0 aromatic rings. The fraction of sp³-hybridized carbons (Fsp3) is 1.00. The van der Waals surface area contributed by atoms with Gasteiger partial charge in [0.15, 0.2) is 0 Å². The molecule has 1 rings (SSSR count). The third kappa shape index (κ3) is 2.62. The zero-order valence-corrected chi connectivity index (χ0v) is 11.7. The number of unbranched alkanes of at least 4 members (excludes halogenated alkanes) is 1. The van der Waals surface area contributed by atoms with Crippen LogP contribution in [0.3, 0.4) is 0 Å². The fourth-order valence-electron chi connectivity index (χ4n) is 3.12. The Morgan fingerprint density at radius 1 is 1.00 bits per heavy atom. The van der Waals surface area contributed by atoms with Gasteiger partial charge >= 0.3 is 0 Å². The summed E-state index contributed by atoms with van der Waals surface area (Å²) in [5.74, 6) is 0. The van der Waals surface area contributed by atoms with Gasteiger partial charge in [-0.15, -0.1) is 0 Å². The van der Waals surface area contributed by atoms with Crippen LogP contribution in [0.4, 0.5) is 0 Å². The molecule has 0 unspecified atom stereocenters. The quantitative estimate of drug-likeness (QED) is 0.561. The molecular weight excluding hydrogens is 184 g/mol. The molecule has 0 spiro atoms. The lowest BCUT2D eigenvalue weighted by molar-refractivity contribution is 0.336. The molecule has 0 nitrogen and oxygen atoms in total. The molecule has 14 heavy (non-hydrogen) atoms. The normalized spacial score (nSPS) is 22.3. The molecule has 0 bridgehead atoms. The first kappa shape index (κ1) is 12.3. The van der Waals surface area contributed by atoms with Crippen LogP contribution in [0.5, 0.6) is 0 Å². The first-order valence-electron chi connectivity index (χ1n) is 6.52. The van der Waals surface area contributed by atoms with E-state index in [9.17, 15) is 0 Å². The summed E-state index contributed by atoms with van der Waals surface area (Å²) >= 11 is 0. The summed E-state index contributed by atoms with van der Waals surface area (Å²) in [6.07, 6.45) is 12.0. The molecule has 0 saturated heterocycles. The Kier molecular flexibility index (Phi) is 4.24. The summed E-state index contributed by atoms with van der Waals surface area (Å²) in [5.41, 5.74) is 0. The Morgan fingerprint density at radius 3 is 2.00 bits per heavy atom. The molecule has 0 aliphatic heterocycles. The Hall–Kier alpha value is 0.217. The van der Waals surface area contributed by atoms with Crippen LogP contribution < -0.4 is 0 Å². The van der Waals surface area contributed by atoms with Crippen molar-refractivity contribution in [2.45, 2.75) is 83.0 Å². The van der Waals surface area contributed by atoms with Gasteiger partial charge in [0.2, 0.25) is 0 Å². The summed E-state index contributed by atoms with van der Waals surface area (Å²) in [5, 5.41) is 0.807. The zero-order chi connectivity index (χ0) is 10.7. The van der Waals surface area contributed by atoms with Crippen molar-refractivity contribution < 1.29 is 0 Å². The van der Waals surface area contributed by atoms with Crippen molar-refractivity contribution in [1.29, 1.82) is 0 Å².